The molecule has 0 bridgehead atoms. The van der Waals surface area contributed by atoms with Crippen LogP contribution >= 0.6 is 0 Å². The van der Waals surface area contributed by atoms with E-state index >= 15 is 0 Å². The lowest BCUT2D eigenvalue weighted by molar-refractivity contribution is 0.0853. The molecule has 128 valence electrons. The van der Waals surface area contributed by atoms with E-state index in [4.69, 9.17) is 9.47 Å². The van der Waals surface area contributed by atoms with Gasteiger partial charge in [0.15, 0.2) is 11.6 Å². The standard InChI is InChI=1S/C16H17F2N3O3/c17-10-3-4-15(13(18)6-10)24-9-11-7-14(21-20-11)16(22)19-8-12-2-1-5-23-12/h3-4,6-7,12H,1-2,5,8-9H2,(H,19,22)(H,20,21)/t12-/m1/s1. The monoisotopic (exact) mass is 337 g/mol. The molecule has 6 nitrogen and oxygen atoms in total. The highest BCUT2D eigenvalue weighted by atomic mass is 19.1. The minimum absolute atomic E-state index is 0.0193. The van der Waals surface area contributed by atoms with E-state index in [0.717, 1.165) is 31.6 Å². The Hall–Kier alpha value is -2.48. The summed E-state index contributed by atoms with van der Waals surface area (Å²) in [6.45, 7) is 1.15. The smallest absolute Gasteiger partial charge is 0.271 e. The van der Waals surface area contributed by atoms with Gasteiger partial charge in [-0.05, 0) is 31.0 Å². The number of aromatic amines is 1. The third-order valence-corrected chi connectivity index (χ3v) is 3.65. The maximum Gasteiger partial charge on any atom is 0.271 e. The number of halogens is 2. The van der Waals surface area contributed by atoms with Crippen LogP contribution in [0.4, 0.5) is 8.78 Å². The molecule has 1 aromatic carbocycles. The Kier molecular flexibility index (Phi) is 5.05. The molecule has 0 radical (unpaired) electrons. The second-order valence-corrected chi connectivity index (χ2v) is 5.49. The Morgan fingerprint density at radius 1 is 1.42 bits per heavy atom. The zero-order valence-electron chi connectivity index (χ0n) is 12.9. The Morgan fingerprint density at radius 3 is 3.04 bits per heavy atom. The molecule has 0 spiro atoms. The van der Waals surface area contributed by atoms with E-state index in [9.17, 15) is 13.6 Å². The summed E-state index contributed by atoms with van der Waals surface area (Å²) < 4.78 is 37.0. The quantitative estimate of drug-likeness (QED) is 0.847. The number of ether oxygens (including phenoxy) is 2. The molecule has 1 aromatic heterocycles. The van der Waals surface area contributed by atoms with E-state index in [2.05, 4.69) is 15.5 Å². The van der Waals surface area contributed by atoms with Crippen LogP contribution in [0.1, 0.15) is 29.0 Å². The predicted octanol–water partition coefficient (Wildman–Crippen LogP) is 2.18. The minimum Gasteiger partial charge on any atom is -0.484 e. The number of carbonyl (C=O) groups is 1. The summed E-state index contributed by atoms with van der Waals surface area (Å²) in [5.41, 5.74) is 0.715. The molecule has 0 unspecified atom stereocenters. The molecular formula is C16H17F2N3O3. The first kappa shape index (κ1) is 16.4. The van der Waals surface area contributed by atoms with Gasteiger partial charge >= 0.3 is 0 Å². The lowest BCUT2D eigenvalue weighted by atomic mass is 10.2. The van der Waals surface area contributed by atoms with E-state index < -0.39 is 11.6 Å². The van der Waals surface area contributed by atoms with Gasteiger partial charge in [0.2, 0.25) is 0 Å². The Bertz CT molecular complexity index is 714. The van der Waals surface area contributed by atoms with Gasteiger partial charge in [0, 0.05) is 19.2 Å². The van der Waals surface area contributed by atoms with Crippen molar-refractivity contribution >= 4 is 5.91 Å². The number of amides is 1. The summed E-state index contributed by atoms with van der Waals surface area (Å²) >= 11 is 0. The van der Waals surface area contributed by atoms with Gasteiger partial charge in [0.1, 0.15) is 18.1 Å². The number of H-pyrrole nitrogens is 1. The van der Waals surface area contributed by atoms with Crippen molar-refractivity contribution in [3.05, 3.63) is 47.3 Å². The van der Waals surface area contributed by atoms with Crippen LogP contribution in [-0.2, 0) is 11.3 Å². The highest BCUT2D eigenvalue weighted by Crippen LogP contribution is 2.18. The number of aromatic nitrogens is 2. The van der Waals surface area contributed by atoms with Crippen LogP contribution in [-0.4, -0.2) is 35.4 Å². The van der Waals surface area contributed by atoms with Crippen molar-refractivity contribution < 1.29 is 23.0 Å². The van der Waals surface area contributed by atoms with Gasteiger partial charge in [-0.25, -0.2) is 8.78 Å². The fourth-order valence-electron chi connectivity index (χ4n) is 2.40. The summed E-state index contributed by atoms with van der Waals surface area (Å²) in [6, 6.07) is 4.57. The van der Waals surface area contributed by atoms with Gasteiger partial charge in [0.25, 0.3) is 5.91 Å². The normalized spacial score (nSPS) is 17.0. The first-order valence-corrected chi connectivity index (χ1v) is 7.64. The number of benzene rings is 1. The topological polar surface area (TPSA) is 76.2 Å². The largest absolute Gasteiger partial charge is 0.484 e. The number of nitrogens with zero attached hydrogens (tertiary/aromatic N) is 1. The first-order valence-electron chi connectivity index (χ1n) is 7.64. The zero-order chi connectivity index (χ0) is 16.9. The summed E-state index contributed by atoms with van der Waals surface area (Å²) in [4.78, 5) is 12.0. The van der Waals surface area contributed by atoms with Gasteiger partial charge in [-0.15, -0.1) is 0 Å². The Balaban J connectivity index is 1.51. The van der Waals surface area contributed by atoms with E-state index in [1.807, 2.05) is 0 Å². The fraction of sp³-hybridized carbons (Fsp3) is 0.375. The molecule has 1 fully saturated rings. The average Bonchev–Trinajstić information content (AvgIpc) is 3.23. The lowest BCUT2D eigenvalue weighted by Gasteiger charge is -2.09. The zero-order valence-corrected chi connectivity index (χ0v) is 12.9. The van der Waals surface area contributed by atoms with Crippen molar-refractivity contribution in [2.24, 2.45) is 0 Å². The van der Waals surface area contributed by atoms with Gasteiger partial charge in [0.05, 0.1) is 11.8 Å². The summed E-state index contributed by atoms with van der Waals surface area (Å²) in [5, 5.41) is 9.31. The lowest BCUT2D eigenvalue weighted by Crippen LogP contribution is -2.31. The maximum absolute atomic E-state index is 13.5. The number of hydrogen-bond acceptors (Lipinski definition) is 4. The summed E-state index contributed by atoms with van der Waals surface area (Å²) in [6.07, 6.45) is 1.99. The van der Waals surface area contributed by atoms with E-state index in [1.165, 1.54) is 12.1 Å². The third-order valence-electron chi connectivity index (χ3n) is 3.65. The summed E-state index contributed by atoms with van der Waals surface area (Å²) in [7, 11) is 0. The molecule has 1 atom stereocenters. The Labute approximate surface area is 137 Å². The van der Waals surface area contributed by atoms with Crippen molar-refractivity contribution in [3.8, 4) is 5.75 Å². The van der Waals surface area contributed by atoms with E-state index in [1.54, 1.807) is 0 Å². The predicted molar refractivity (Wildman–Crippen MR) is 80.6 cm³/mol. The van der Waals surface area contributed by atoms with Crippen molar-refractivity contribution in [3.63, 3.8) is 0 Å². The SMILES string of the molecule is O=C(NC[C@H]1CCCO1)c1cc(COc2ccc(F)cc2F)[nH]n1. The molecule has 1 amide bonds. The molecule has 2 N–H and O–H groups in total. The first-order chi connectivity index (χ1) is 11.6. The molecule has 0 aliphatic carbocycles. The van der Waals surface area contributed by atoms with Crippen LogP contribution in [0.5, 0.6) is 5.75 Å². The third kappa shape index (κ3) is 4.08. The molecule has 24 heavy (non-hydrogen) atoms. The van der Waals surface area contributed by atoms with Gasteiger partial charge < -0.3 is 14.8 Å². The van der Waals surface area contributed by atoms with Crippen LogP contribution < -0.4 is 10.1 Å². The van der Waals surface area contributed by atoms with Crippen LogP contribution in [0.15, 0.2) is 24.3 Å². The highest BCUT2D eigenvalue weighted by Gasteiger charge is 2.18. The number of nitrogens with one attached hydrogen (secondary N) is 2. The van der Waals surface area contributed by atoms with Crippen molar-refractivity contribution in [1.29, 1.82) is 0 Å². The second kappa shape index (κ2) is 7.39. The molecule has 1 aliphatic rings. The molecule has 1 aliphatic heterocycles. The molecule has 3 rings (SSSR count). The van der Waals surface area contributed by atoms with Crippen molar-refractivity contribution in [1.82, 2.24) is 15.5 Å². The number of rotatable bonds is 6. The molecule has 2 aromatic rings. The van der Waals surface area contributed by atoms with Crippen LogP contribution in [0, 0.1) is 11.6 Å². The average molecular weight is 337 g/mol. The number of carbonyl (C=O) groups excluding carboxylic acids is 1. The van der Waals surface area contributed by atoms with Crippen LogP contribution in [0.2, 0.25) is 0 Å². The molecular weight excluding hydrogens is 320 g/mol. The van der Waals surface area contributed by atoms with E-state index in [0.29, 0.717) is 12.2 Å². The van der Waals surface area contributed by atoms with Crippen molar-refractivity contribution in [2.75, 3.05) is 13.2 Å². The summed E-state index contributed by atoms with van der Waals surface area (Å²) in [5.74, 6) is -1.85. The van der Waals surface area contributed by atoms with Crippen LogP contribution in [0.25, 0.3) is 0 Å². The molecule has 1 saturated heterocycles. The second-order valence-electron chi connectivity index (χ2n) is 5.49. The molecule has 2 heterocycles. The number of hydrogen-bond donors (Lipinski definition) is 2. The van der Waals surface area contributed by atoms with Gasteiger partial charge in [-0.2, -0.15) is 5.10 Å². The van der Waals surface area contributed by atoms with Crippen LogP contribution in [0.3, 0.4) is 0 Å². The Morgan fingerprint density at radius 2 is 2.29 bits per heavy atom. The van der Waals surface area contributed by atoms with Gasteiger partial charge in [-0.3, -0.25) is 9.89 Å². The van der Waals surface area contributed by atoms with Crippen molar-refractivity contribution in [2.45, 2.75) is 25.6 Å². The minimum atomic E-state index is -0.788. The van der Waals surface area contributed by atoms with E-state index in [-0.39, 0.29) is 30.1 Å². The fourth-order valence-corrected chi connectivity index (χ4v) is 2.40. The van der Waals surface area contributed by atoms with Gasteiger partial charge in [-0.1, -0.05) is 0 Å². The highest BCUT2D eigenvalue weighted by molar-refractivity contribution is 5.92. The molecule has 8 heteroatoms. The molecule has 0 saturated carbocycles. The maximum atomic E-state index is 13.5.